The van der Waals surface area contributed by atoms with Crippen LogP contribution in [0.5, 0.6) is 0 Å². The van der Waals surface area contributed by atoms with Crippen molar-refractivity contribution in [3.05, 3.63) is 40.0 Å². The van der Waals surface area contributed by atoms with Gasteiger partial charge in [-0.2, -0.15) is 0 Å². The number of non-ortho nitro benzene ring substituents is 1. The average Bonchev–Trinajstić information content (AvgIpc) is 3.16. The van der Waals surface area contributed by atoms with E-state index in [0.29, 0.717) is 17.2 Å². The van der Waals surface area contributed by atoms with Crippen molar-refractivity contribution in [3.63, 3.8) is 0 Å². The highest BCUT2D eigenvalue weighted by molar-refractivity contribution is 6.16. The minimum atomic E-state index is -0.674. The lowest BCUT2D eigenvalue weighted by Gasteiger charge is -2.07. The highest BCUT2D eigenvalue weighted by atomic mass is 35.5. The van der Waals surface area contributed by atoms with E-state index >= 15 is 0 Å². The molecule has 20 heavy (non-hydrogen) atoms. The predicted octanol–water partition coefficient (Wildman–Crippen LogP) is 3.07. The van der Waals surface area contributed by atoms with Crippen molar-refractivity contribution in [1.29, 1.82) is 0 Å². The van der Waals surface area contributed by atoms with Gasteiger partial charge in [0.2, 0.25) is 0 Å². The quantitative estimate of drug-likeness (QED) is 0.494. The van der Waals surface area contributed by atoms with Gasteiger partial charge in [-0.25, -0.2) is 4.39 Å². The summed E-state index contributed by atoms with van der Waals surface area (Å²) in [5.74, 6) is 0.537. The molecule has 2 aromatic rings. The van der Waals surface area contributed by atoms with E-state index in [1.165, 1.54) is 12.1 Å². The topological polar surface area (TPSA) is 73.8 Å². The zero-order chi connectivity index (χ0) is 14.3. The van der Waals surface area contributed by atoms with E-state index in [2.05, 4.69) is 10.2 Å². The normalized spacial score (nSPS) is 14.5. The molecule has 6 nitrogen and oxygen atoms in total. The monoisotopic (exact) mass is 296 g/mol. The Hall–Kier alpha value is -2.02. The first-order valence-electron chi connectivity index (χ1n) is 6.05. The predicted molar refractivity (Wildman–Crippen MR) is 69.9 cm³/mol. The van der Waals surface area contributed by atoms with Crippen molar-refractivity contribution in [2.45, 2.75) is 24.8 Å². The molecule has 1 aromatic carbocycles. The molecular weight excluding hydrogens is 287 g/mol. The molecule has 0 N–H and O–H groups in total. The number of nitro benzene ring substituents is 1. The average molecular weight is 297 g/mol. The Morgan fingerprint density at radius 3 is 2.75 bits per heavy atom. The van der Waals surface area contributed by atoms with Gasteiger partial charge in [0.25, 0.3) is 5.69 Å². The van der Waals surface area contributed by atoms with Gasteiger partial charge in [0.05, 0.1) is 16.9 Å². The summed E-state index contributed by atoms with van der Waals surface area (Å²) in [5, 5.41) is 18.8. The highest BCUT2D eigenvalue weighted by Crippen LogP contribution is 2.39. The number of halogens is 2. The maximum absolute atomic E-state index is 13.5. The van der Waals surface area contributed by atoms with Crippen LogP contribution in [0.3, 0.4) is 0 Å². The van der Waals surface area contributed by atoms with E-state index in [-0.39, 0.29) is 17.6 Å². The molecule has 0 amide bonds. The minimum absolute atomic E-state index is 0.195. The molecule has 0 saturated heterocycles. The molecule has 0 atom stereocenters. The smallest absolute Gasteiger partial charge is 0.273 e. The summed E-state index contributed by atoms with van der Waals surface area (Å²) in [7, 11) is 0. The molecule has 1 fully saturated rings. The standard InChI is InChI=1S/C12H10ClFN4O2/c13-6-11-15-16-12(17(11)9-1-2-9)7-3-8(14)5-10(4-7)18(19)20/h3-5,9H,1-2,6H2. The molecule has 1 heterocycles. The van der Waals surface area contributed by atoms with E-state index in [4.69, 9.17) is 11.6 Å². The molecule has 1 aliphatic carbocycles. The summed E-state index contributed by atoms with van der Waals surface area (Å²) in [6, 6.07) is 3.64. The van der Waals surface area contributed by atoms with Crippen LogP contribution < -0.4 is 0 Å². The Morgan fingerprint density at radius 2 is 2.15 bits per heavy atom. The van der Waals surface area contributed by atoms with Gasteiger partial charge >= 0.3 is 0 Å². The molecule has 0 unspecified atom stereocenters. The fraction of sp³-hybridized carbons (Fsp3) is 0.333. The van der Waals surface area contributed by atoms with Crippen molar-refractivity contribution in [2.75, 3.05) is 0 Å². The van der Waals surface area contributed by atoms with Crippen LogP contribution in [0.4, 0.5) is 10.1 Å². The molecule has 1 aromatic heterocycles. The summed E-state index contributed by atoms with van der Waals surface area (Å²) < 4.78 is 15.4. The van der Waals surface area contributed by atoms with Crippen LogP contribution in [0.25, 0.3) is 11.4 Å². The van der Waals surface area contributed by atoms with Crippen molar-refractivity contribution in [2.24, 2.45) is 0 Å². The Morgan fingerprint density at radius 1 is 1.40 bits per heavy atom. The zero-order valence-corrected chi connectivity index (χ0v) is 11.0. The summed E-state index contributed by atoms with van der Waals surface area (Å²) in [5.41, 5.74) is 0.0326. The first-order chi connectivity index (χ1) is 9.60. The largest absolute Gasteiger partial charge is 0.307 e. The third-order valence-electron chi connectivity index (χ3n) is 3.15. The Bertz CT molecular complexity index is 684. The van der Waals surface area contributed by atoms with Gasteiger partial charge in [0, 0.05) is 17.7 Å². The van der Waals surface area contributed by atoms with Gasteiger partial charge < -0.3 is 4.57 Å². The molecule has 0 radical (unpaired) electrons. The number of hydrogen-bond acceptors (Lipinski definition) is 4. The second-order valence-corrected chi connectivity index (χ2v) is 4.90. The third kappa shape index (κ3) is 2.24. The summed E-state index contributed by atoms with van der Waals surface area (Å²) >= 11 is 5.81. The van der Waals surface area contributed by atoms with Crippen LogP contribution in [-0.4, -0.2) is 19.7 Å². The first-order valence-corrected chi connectivity index (χ1v) is 6.58. The number of rotatable bonds is 4. The lowest BCUT2D eigenvalue weighted by molar-refractivity contribution is -0.385. The van der Waals surface area contributed by atoms with Crippen LogP contribution in [0.15, 0.2) is 18.2 Å². The number of hydrogen-bond donors (Lipinski definition) is 0. The SMILES string of the molecule is O=[N+]([O-])c1cc(F)cc(-c2nnc(CCl)n2C2CC2)c1. The van der Waals surface area contributed by atoms with E-state index < -0.39 is 10.7 Å². The van der Waals surface area contributed by atoms with E-state index in [9.17, 15) is 14.5 Å². The van der Waals surface area contributed by atoms with Crippen LogP contribution in [0.2, 0.25) is 0 Å². The number of aromatic nitrogens is 3. The fourth-order valence-corrected chi connectivity index (χ4v) is 2.32. The lowest BCUT2D eigenvalue weighted by atomic mass is 10.2. The highest BCUT2D eigenvalue weighted by Gasteiger charge is 2.30. The lowest BCUT2D eigenvalue weighted by Crippen LogP contribution is -2.02. The number of alkyl halides is 1. The van der Waals surface area contributed by atoms with Gasteiger partial charge in [-0.1, -0.05) is 0 Å². The van der Waals surface area contributed by atoms with Gasteiger partial charge in [-0.15, -0.1) is 21.8 Å². The van der Waals surface area contributed by atoms with Gasteiger partial charge in [-0.3, -0.25) is 10.1 Å². The molecule has 1 aliphatic rings. The Labute approximate surface area is 118 Å². The molecule has 0 bridgehead atoms. The van der Waals surface area contributed by atoms with E-state index in [1.807, 2.05) is 4.57 Å². The number of nitrogens with zero attached hydrogens (tertiary/aromatic N) is 4. The molecule has 0 spiro atoms. The Kier molecular flexibility index (Phi) is 3.13. The minimum Gasteiger partial charge on any atom is -0.307 e. The van der Waals surface area contributed by atoms with Crippen LogP contribution in [-0.2, 0) is 5.88 Å². The van der Waals surface area contributed by atoms with Crippen molar-refractivity contribution in [3.8, 4) is 11.4 Å². The number of benzene rings is 1. The van der Waals surface area contributed by atoms with Gasteiger partial charge in [0.1, 0.15) is 11.6 Å². The van der Waals surface area contributed by atoms with E-state index in [1.54, 1.807) is 0 Å². The van der Waals surface area contributed by atoms with Crippen LogP contribution >= 0.6 is 11.6 Å². The van der Waals surface area contributed by atoms with Crippen LogP contribution in [0.1, 0.15) is 24.7 Å². The van der Waals surface area contributed by atoms with E-state index in [0.717, 1.165) is 18.9 Å². The molecule has 0 aliphatic heterocycles. The van der Waals surface area contributed by atoms with Crippen molar-refractivity contribution >= 4 is 17.3 Å². The van der Waals surface area contributed by atoms with Crippen molar-refractivity contribution < 1.29 is 9.31 Å². The second kappa shape index (κ2) is 4.82. The van der Waals surface area contributed by atoms with Gasteiger partial charge in [0.15, 0.2) is 5.82 Å². The summed E-state index contributed by atoms with van der Waals surface area (Å²) in [6.45, 7) is 0. The van der Waals surface area contributed by atoms with Crippen LogP contribution in [0, 0.1) is 15.9 Å². The third-order valence-corrected chi connectivity index (χ3v) is 3.39. The van der Waals surface area contributed by atoms with Crippen molar-refractivity contribution in [1.82, 2.24) is 14.8 Å². The first kappa shape index (κ1) is 13.0. The number of nitro groups is 1. The Balaban J connectivity index is 2.13. The summed E-state index contributed by atoms with van der Waals surface area (Å²) in [6.07, 6.45) is 1.96. The molecule has 104 valence electrons. The maximum Gasteiger partial charge on any atom is 0.273 e. The molecular formula is C12H10ClFN4O2. The molecule has 8 heteroatoms. The molecule has 3 rings (SSSR count). The maximum atomic E-state index is 13.5. The molecule has 1 saturated carbocycles. The summed E-state index contributed by atoms with van der Waals surface area (Å²) in [4.78, 5) is 10.2. The fourth-order valence-electron chi connectivity index (χ4n) is 2.14. The second-order valence-electron chi connectivity index (χ2n) is 4.63. The van der Waals surface area contributed by atoms with Gasteiger partial charge in [-0.05, 0) is 18.9 Å². The zero-order valence-electron chi connectivity index (χ0n) is 10.3.